The summed E-state index contributed by atoms with van der Waals surface area (Å²) in [6, 6.07) is 7.74. The van der Waals surface area contributed by atoms with Crippen LogP contribution in [0.5, 0.6) is 0 Å². The highest BCUT2D eigenvalue weighted by molar-refractivity contribution is 6.02. The molecule has 1 N–H and O–H groups in total. The normalized spacial score (nSPS) is 23.2. The molecule has 2 saturated heterocycles. The van der Waals surface area contributed by atoms with Gasteiger partial charge in [0.15, 0.2) is 0 Å². The van der Waals surface area contributed by atoms with Crippen LogP contribution in [-0.4, -0.2) is 74.2 Å². The fourth-order valence-electron chi connectivity index (χ4n) is 5.72. The number of aromatic nitrogens is 2. The van der Waals surface area contributed by atoms with Crippen LogP contribution in [0.3, 0.4) is 0 Å². The zero-order chi connectivity index (χ0) is 20.9. The largest absolute Gasteiger partial charge is 0.347 e. The molecule has 2 aromatic rings. The summed E-state index contributed by atoms with van der Waals surface area (Å²) in [6.45, 7) is 7.88. The number of amides is 2. The van der Waals surface area contributed by atoms with Gasteiger partial charge in [0.05, 0.1) is 17.8 Å². The molecule has 1 aromatic carbocycles. The summed E-state index contributed by atoms with van der Waals surface area (Å²) in [5, 5.41) is 0. The lowest BCUT2D eigenvalue weighted by atomic mass is 9.67. The topological polar surface area (TPSA) is 72.5 Å². The number of nitrogens with zero attached hydrogens (tertiary/aromatic N) is 4. The van der Waals surface area contributed by atoms with Crippen LogP contribution in [0.1, 0.15) is 54.2 Å². The van der Waals surface area contributed by atoms with Crippen molar-refractivity contribution >= 4 is 11.8 Å². The molecule has 1 aromatic heterocycles. The fourth-order valence-corrected chi connectivity index (χ4v) is 5.72. The number of carbonyl (C=O) groups is 2. The lowest BCUT2D eigenvalue weighted by molar-refractivity contribution is -0.144. The van der Waals surface area contributed by atoms with E-state index in [1.54, 1.807) is 6.33 Å². The molecule has 5 rings (SSSR count). The van der Waals surface area contributed by atoms with Crippen LogP contribution >= 0.6 is 0 Å². The number of fused-ring (bicyclic) bond motifs is 1. The smallest absolute Gasteiger partial charge is 0.254 e. The Morgan fingerprint density at radius 1 is 1.23 bits per heavy atom. The van der Waals surface area contributed by atoms with Gasteiger partial charge in [-0.25, -0.2) is 4.98 Å². The Morgan fingerprint density at radius 2 is 1.97 bits per heavy atom. The second kappa shape index (κ2) is 7.23. The van der Waals surface area contributed by atoms with Crippen LogP contribution in [-0.2, 0) is 11.3 Å². The van der Waals surface area contributed by atoms with E-state index in [1.807, 2.05) is 40.3 Å². The van der Waals surface area contributed by atoms with E-state index < -0.39 is 5.54 Å². The molecule has 0 saturated carbocycles. The Kier molecular flexibility index (Phi) is 4.65. The molecule has 2 amide bonds. The number of nitrogens with one attached hydrogen (secondary N) is 1. The molecule has 3 aliphatic heterocycles. The Morgan fingerprint density at radius 3 is 2.63 bits per heavy atom. The van der Waals surface area contributed by atoms with Gasteiger partial charge in [-0.1, -0.05) is 18.2 Å². The minimum Gasteiger partial charge on any atom is -0.347 e. The maximum Gasteiger partial charge on any atom is 0.254 e. The van der Waals surface area contributed by atoms with Crippen molar-refractivity contribution in [1.82, 2.24) is 24.7 Å². The van der Waals surface area contributed by atoms with Crippen LogP contribution in [0.4, 0.5) is 0 Å². The molecule has 3 aliphatic rings. The lowest BCUT2D eigenvalue weighted by Crippen LogP contribution is -2.77. The highest BCUT2D eigenvalue weighted by atomic mass is 16.2. The third-order valence-electron chi connectivity index (χ3n) is 6.86. The van der Waals surface area contributed by atoms with Gasteiger partial charge < -0.3 is 14.8 Å². The number of likely N-dealkylation sites (tertiary alicyclic amines) is 2. The average Bonchev–Trinajstić information content (AvgIpc) is 3.40. The van der Waals surface area contributed by atoms with Crippen LogP contribution in [0.15, 0.2) is 36.8 Å². The minimum absolute atomic E-state index is 0.0223. The molecule has 7 heteroatoms. The van der Waals surface area contributed by atoms with E-state index in [0.29, 0.717) is 18.7 Å². The molecule has 1 atom stereocenters. The monoisotopic (exact) mass is 407 g/mol. The zero-order valence-corrected chi connectivity index (χ0v) is 17.7. The van der Waals surface area contributed by atoms with Crippen molar-refractivity contribution in [1.29, 1.82) is 0 Å². The van der Waals surface area contributed by atoms with Gasteiger partial charge in [0.2, 0.25) is 5.91 Å². The van der Waals surface area contributed by atoms with Gasteiger partial charge in [0.25, 0.3) is 5.91 Å². The Bertz CT molecular complexity index is 942. The van der Waals surface area contributed by atoms with Gasteiger partial charge in [0, 0.05) is 56.2 Å². The van der Waals surface area contributed by atoms with E-state index in [1.165, 1.54) is 0 Å². The van der Waals surface area contributed by atoms with Gasteiger partial charge in [-0.2, -0.15) is 0 Å². The molecular formula is C23H29N5O2. The maximum atomic E-state index is 13.8. The quantitative estimate of drug-likeness (QED) is 0.844. The molecular weight excluding hydrogens is 378 g/mol. The van der Waals surface area contributed by atoms with E-state index in [0.717, 1.165) is 43.7 Å². The third-order valence-corrected chi connectivity index (χ3v) is 6.86. The number of imidazole rings is 1. The molecule has 0 radical (unpaired) electrons. The molecule has 30 heavy (non-hydrogen) atoms. The molecule has 4 heterocycles. The van der Waals surface area contributed by atoms with Crippen LogP contribution < -0.4 is 0 Å². The molecule has 2 fully saturated rings. The van der Waals surface area contributed by atoms with Crippen molar-refractivity contribution in [2.45, 2.75) is 50.7 Å². The lowest BCUT2D eigenvalue weighted by Gasteiger charge is -2.62. The van der Waals surface area contributed by atoms with E-state index in [-0.39, 0.29) is 23.8 Å². The SMILES string of the molecule is CC(C)N1C(=O)c2ccccc2C(C(=O)N2CCCC2)C12CN(Cc1cnc[nH]1)C2. The fraction of sp³-hybridized carbons (Fsp3) is 0.522. The number of benzene rings is 1. The van der Waals surface area contributed by atoms with Gasteiger partial charge >= 0.3 is 0 Å². The highest BCUT2D eigenvalue weighted by Crippen LogP contribution is 2.48. The van der Waals surface area contributed by atoms with Gasteiger partial charge in [-0.15, -0.1) is 0 Å². The van der Waals surface area contributed by atoms with Crippen molar-refractivity contribution in [2.24, 2.45) is 0 Å². The van der Waals surface area contributed by atoms with E-state index >= 15 is 0 Å². The van der Waals surface area contributed by atoms with Gasteiger partial charge in [-0.3, -0.25) is 14.5 Å². The van der Waals surface area contributed by atoms with Crippen molar-refractivity contribution in [3.05, 3.63) is 53.6 Å². The zero-order valence-electron chi connectivity index (χ0n) is 17.7. The predicted octanol–water partition coefficient (Wildman–Crippen LogP) is 2.23. The summed E-state index contributed by atoms with van der Waals surface area (Å²) in [6.07, 6.45) is 5.64. The molecule has 158 valence electrons. The molecule has 7 nitrogen and oxygen atoms in total. The molecule has 1 unspecified atom stereocenters. The van der Waals surface area contributed by atoms with Crippen molar-refractivity contribution in [3.8, 4) is 0 Å². The van der Waals surface area contributed by atoms with E-state index in [4.69, 9.17) is 0 Å². The summed E-state index contributed by atoms with van der Waals surface area (Å²) in [4.78, 5) is 40.9. The number of aromatic amines is 1. The first kappa shape index (κ1) is 19.3. The summed E-state index contributed by atoms with van der Waals surface area (Å²) < 4.78 is 0. The summed E-state index contributed by atoms with van der Waals surface area (Å²) in [5.74, 6) is -0.0866. The maximum absolute atomic E-state index is 13.8. The first-order valence-corrected chi connectivity index (χ1v) is 10.9. The summed E-state index contributed by atoms with van der Waals surface area (Å²) in [5.41, 5.74) is 2.13. The highest BCUT2D eigenvalue weighted by Gasteiger charge is 2.61. The predicted molar refractivity (Wildman–Crippen MR) is 113 cm³/mol. The second-order valence-electron chi connectivity index (χ2n) is 9.15. The number of hydrogen-bond acceptors (Lipinski definition) is 4. The number of carbonyl (C=O) groups excluding carboxylic acids is 2. The van der Waals surface area contributed by atoms with Crippen LogP contribution in [0.25, 0.3) is 0 Å². The van der Waals surface area contributed by atoms with Crippen molar-refractivity contribution in [3.63, 3.8) is 0 Å². The third kappa shape index (κ3) is 2.87. The Hall–Kier alpha value is -2.67. The van der Waals surface area contributed by atoms with Crippen molar-refractivity contribution < 1.29 is 9.59 Å². The standard InChI is InChI=1S/C23H29N5O2/c1-16(2)28-21(29)19-8-4-3-7-18(19)20(22(30)27-9-5-6-10-27)23(28)13-26(14-23)12-17-11-24-15-25-17/h3-4,7-8,11,15-16,20H,5-6,9-10,12-14H2,1-2H3,(H,24,25). The van der Waals surface area contributed by atoms with Crippen LogP contribution in [0, 0.1) is 0 Å². The van der Waals surface area contributed by atoms with Crippen LogP contribution in [0.2, 0.25) is 0 Å². The number of H-pyrrole nitrogens is 1. The van der Waals surface area contributed by atoms with Gasteiger partial charge in [0.1, 0.15) is 0 Å². The second-order valence-corrected chi connectivity index (χ2v) is 9.15. The van der Waals surface area contributed by atoms with E-state index in [9.17, 15) is 9.59 Å². The van der Waals surface area contributed by atoms with Crippen molar-refractivity contribution in [2.75, 3.05) is 26.2 Å². The number of hydrogen-bond donors (Lipinski definition) is 1. The Labute approximate surface area is 177 Å². The summed E-state index contributed by atoms with van der Waals surface area (Å²) in [7, 11) is 0. The molecule has 1 spiro atoms. The molecule has 0 aliphatic carbocycles. The first-order valence-electron chi connectivity index (χ1n) is 10.9. The van der Waals surface area contributed by atoms with E-state index in [2.05, 4.69) is 28.7 Å². The minimum atomic E-state index is -0.501. The first-order chi connectivity index (χ1) is 14.5. The summed E-state index contributed by atoms with van der Waals surface area (Å²) >= 11 is 0. The van der Waals surface area contributed by atoms with Gasteiger partial charge in [-0.05, 0) is 38.3 Å². The molecule has 0 bridgehead atoms. The Balaban J connectivity index is 1.55. The number of rotatable bonds is 4. The average molecular weight is 408 g/mol.